The van der Waals surface area contributed by atoms with Crippen LogP contribution in [0.4, 0.5) is 5.69 Å². The average molecular weight is 524 g/mol. The molecule has 0 saturated carbocycles. The number of nitrogens with one attached hydrogen (secondary N) is 3. The van der Waals surface area contributed by atoms with Crippen LogP contribution < -0.4 is 10.6 Å². The molecule has 3 aromatic rings. The summed E-state index contributed by atoms with van der Waals surface area (Å²) in [5.41, 5.74) is 1.34. The summed E-state index contributed by atoms with van der Waals surface area (Å²) in [6.07, 6.45) is 1.50. The Morgan fingerprint density at radius 3 is 2.46 bits per heavy atom. The van der Waals surface area contributed by atoms with Crippen molar-refractivity contribution < 1.29 is 19.1 Å². The highest BCUT2D eigenvalue weighted by Gasteiger charge is 2.28. The predicted octanol–water partition coefficient (Wildman–Crippen LogP) is 3.58. The van der Waals surface area contributed by atoms with E-state index in [0.29, 0.717) is 36.0 Å². The van der Waals surface area contributed by atoms with Crippen molar-refractivity contribution in [3.63, 3.8) is 0 Å². The Bertz CT molecular complexity index is 1270. The molecule has 4 rings (SSSR count). The zero-order valence-corrected chi connectivity index (χ0v) is 21.6. The molecule has 0 aliphatic carbocycles. The van der Waals surface area contributed by atoms with Crippen molar-refractivity contribution in [3.05, 3.63) is 82.4 Å². The van der Waals surface area contributed by atoms with Gasteiger partial charge in [0.25, 0.3) is 11.8 Å². The summed E-state index contributed by atoms with van der Waals surface area (Å²) in [4.78, 5) is 47.5. The second kappa shape index (κ2) is 11.7. The second-order valence-electron chi connectivity index (χ2n) is 9.58. The third-order valence-electron chi connectivity index (χ3n) is 6.01. The molecule has 10 heteroatoms. The number of hydrogen-bond donors (Lipinski definition) is 3. The number of hydrogen-bond acceptors (Lipinski definition) is 6. The highest BCUT2D eigenvalue weighted by atomic mass is 35.5. The van der Waals surface area contributed by atoms with Gasteiger partial charge in [0.1, 0.15) is 5.69 Å². The minimum atomic E-state index is -0.523. The van der Waals surface area contributed by atoms with Gasteiger partial charge in [0.2, 0.25) is 0 Å². The van der Waals surface area contributed by atoms with Crippen LogP contribution >= 0.6 is 11.6 Å². The quantitative estimate of drug-likeness (QED) is 0.369. The van der Waals surface area contributed by atoms with Crippen molar-refractivity contribution in [2.24, 2.45) is 0 Å². The van der Waals surface area contributed by atoms with Crippen LogP contribution in [0.2, 0.25) is 5.02 Å². The first-order chi connectivity index (χ1) is 17.7. The number of aromatic nitrogens is 2. The van der Waals surface area contributed by atoms with E-state index in [1.807, 2.05) is 13.8 Å². The van der Waals surface area contributed by atoms with E-state index in [0.717, 1.165) is 18.7 Å². The lowest BCUT2D eigenvalue weighted by molar-refractivity contribution is 0.0268. The minimum Gasteiger partial charge on any atom is -0.379 e. The molecular weight excluding hydrogens is 494 g/mol. The van der Waals surface area contributed by atoms with E-state index in [4.69, 9.17) is 16.3 Å². The maximum Gasteiger partial charge on any atom is 0.276 e. The van der Waals surface area contributed by atoms with Crippen molar-refractivity contribution in [1.82, 2.24) is 20.2 Å². The maximum atomic E-state index is 13.0. The summed E-state index contributed by atoms with van der Waals surface area (Å²) in [7, 11) is 0. The maximum absolute atomic E-state index is 13.0. The molecule has 0 bridgehead atoms. The number of ketones is 1. The van der Waals surface area contributed by atoms with Crippen molar-refractivity contribution in [2.45, 2.75) is 25.8 Å². The van der Waals surface area contributed by atoms with E-state index in [2.05, 4.69) is 25.5 Å². The van der Waals surface area contributed by atoms with Gasteiger partial charge < -0.3 is 20.4 Å². The summed E-state index contributed by atoms with van der Waals surface area (Å²) in [5.74, 6) is -1.02. The number of carbonyl (C=O) groups excluding carboxylic acids is 3. The van der Waals surface area contributed by atoms with E-state index < -0.39 is 17.4 Å². The molecule has 1 aliphatic rings. The molecule has 2 aromatic carbocycles. The minimum absolute atomic E-state index is 0.00218. The fraction of sp³-hybridized carbons (Fsp3) is 0.333. The van der Waals surface area contributed by atoms with Gasteiger partial charge in [-0.05, 0) is 43.7 Å². The van der Waals surface area contributed by atoms with Gasteiger partial charge in [0, 0.05) is 42.8 Å². The zero-order chi connectivity index (χ0) is 26.4. The molecule has 2 heterocycles. The van der Waals surface area contributed by atoms with Crippen LogP contribution in [-0.4, -0.2) is 70.9 Å². The fourth-order valence-electron chi connectivity index (χ4n) is 4.23. The normalized spacial score (nSPS) is 14.2. The lowest BCUT2D eigenvalue weighted by Crippen LogP contribution is -2.53. The third-order valence-corrected chi connectivity index (χ3v) is 6.34. The van der Waals surface area contributed by atoms with Gasteiger partial charge in [-0.25, -0.2) is 4.98 Å². The summed E-state index contributed by atoms with van der Waals surface area (Å²) in [6.45, 7) is 7.50. The third kappa shape index (κ3) is 7.03. The number of anilines is 1. The van der Waals surface area contributed by atoms with Gasteiger partial charge in [-0.1, -0.05) is 35.9 Å². The topological polar surface area (TPSA) is 116 Å². The van der Waals surface area contributed by atoms with E-state index in [1.54, 1.807) is 48.5 Å². The molecule has 0 atom stereocenters. The highest BCUT2D eigenvalue weighted by Crippen LogP contribution is 2.19. The molecule has 0 spiro atoms. The van der Waals surface area contributed by atoms with E-state index in [-0.39, 0.29) is 23.6 Å². The summed E-state index contributed by atoms with van der Waals surface area (Å²) in [5, 5.41) is 6.17. The van der Waals surface area contributed by atoms with Crippen molar-refractivity contribution in [2.75, 3.05) is 38.2 Å². The second-order valence-corrected chi connectivity index (χ2v) is 9.99. The molecule has 0 radical (unpaired) electrons. The molecule has 1 aromatic heterocycles. The molecule has 3 N–H and O–H groups in total. The number of nitrogens with zero attached hydrogens (tertiary/aromatic N) is 2. The van der Waals surface area contributed by atoms with Gasteiger partial charge in [-0.3, -0.25) is 19.3 Å². The Labute approximate surface area is 220 Å². The Morgan fingerprint density at radius 2 is 1.76 bits per heavy atom. The Hall–Kier alpha value is -3.53. The molecule has 1 aliphatic heterocycles. The number of H-pyrrole nitrogens is 1. The van der Waals surface area contributed by atoms with Crippen LogP contribution in [0, 0.1) is 0 Å². The Kier molecular flexibility index (Phi) is 8.38. The lowest BCUT2D eigenvalue weighted by atomic mass is 10.0. The van der Waals surface area contributed by atoms with Crippen molar-refractivity contribution in [1.29, 1.82) is 0 Å². The predicted molar refractivity (Wildman–Crippen MR) is 141 cm³/mol. The van der Waals surface area contributed by atoms with Crippen LogP contribution in [0.3, 0.4) is 0 Å². The summed E-state index contributed by atoms with van der Waals surface area (Å²) >= 11 is 6.12. The fourth-order valence-corrected chi connectivity index (χ4v) is 4.47. The SMILES string of the molecule is CC(C)(CN1CCOCC1)NC(=O)c1[nH]cnc1C(=O)Nc1ccc(CC(=O)c2ccccc2Cl)cc1. The van der Waals surface area contributed by atoms with Gasteiger partial charge in [0.05, 0.1) is 24.6 Å². The first kappa shape index (κ1) is 26.5. The highest BCUT2D eigenvalue weighted by molar-refractivity contribution is 6.34. The number of Topliss-reactive ketones (excluding diaryl/α,β-unsaturated/α-hetero) is 1. The number of halogens is 1. The molecule has 1 saturated heterocycles. The molecule has 9 nitrogen and oxygen atoms in total. The van der Waals surface area contributed by atoms with Gasteiger partial charge in [0.15, 0.2) is 11.5 Å². The Morgan fingerprint density at radius 1 is 1.05 bits per heavy atom. The van der Waals surface area contributed by atoms with Gasteiger partial charge >= 0.3 is 0 Å². The van der Waals surface area contributed by atoms with E-state index in [9.17, 15) is 14.4 Å². The lowest BCUT2D eigenvalue weighted by Gasteiger charge is -2.35. The number of morpholine rings is 1. The van der Waals surface area contributed by atoms with Crippen LogP contribution in [0.5, 0.6) is 0 Å². The van der Waals surface area contributed by atoms with Gasteiger partial charge in [-0.15, -0.1) is 0 Å². The number of imidazole rings is 1. The number of amides is 2. The van der Waals surface area contributed by atoms with Crippen LogP contribution in [0.25, 0.3) is 0 Å². The van der Waals surface area contributed by atoms with Crippen LogP contribution in [-0.2, 0) is 11.2 Å². The molecule has 0 unspecified atom stereocenters. The van der Waals surface area contributed by atoms with Crippen molar-refractivity contribution >= 4 is 34.9 Å². The first-order valence-electron chi connectivity index (χ1n) is 12.1. The van der Waals surface area contributed by atoms with Crippen molar-refractivity contribution in [3.8, 4) is 0 Å². The largest absolute Gasteiger partial charge is 0.379 e. The average Bonchev–Trinajstić information content (AvgIpc) is 3.36. The number of aromatic amines is 1. The molecular formula is C27H30ClN5O4. The molecule has 194 valence electrons. The molecule has 2 amide bonds. The van der Waals surface area contributed by atoms with E-state index in [1.165, 1.54) is 6.33 Å². The smallest absolute Gasteiger partial charge is 0.276 e. The molecule has 1 fully saturated rings. The number of benzene rings is 2. The first-order valence-corrected chi connectivity index (χ1v) is 12.4. The van der Waals surface area contributed by atoms with Crippen LogP contribution in [0.15, 0.2) is 54.9 Å². The number of rotatable bonds is 9. The van der Waals surface area contributed by atoms with Gasteiger partial charge in [-0.2, -0.15) is 0 Å². The van der Waals surface area contributed by atoms with E-state index >= 15 is 0 Å². The summed E-state index contributed by atoms with van der Waals surface area (Å²) < 4.78 is 5.38. The monoisotopic (exact) mass is 523 g/mol. The standard InChI is InChI=1S/C27H30ClN5O4/c1-27(2,16-33-11-13-37-14-12-33)32-26(36)24-23(29-17-30-24)25(35)31-19-9-7-18(8-10-19)15-22(34)20-5-3-4-6-21(20)28/h3-10,17H,11-16H2,1-2H3,(H,29,30)(H,31,35)(H,32,36). The molecule has 37 heavy (non-hydrogen) atoms. The Balaban J connectivity index is 1.36. The van der Waals surface area contributed by atoms with Crippen LogP contribution in [0.1, 0.15) is 50.7 Å². The number of ether oxygens (including phenoxy) is 1. The summed E-state index contributed by atoms with van der Waals surface area (Å²) in [6, 6.07) is 13.8. The number of carbonyl (C=O) groups is 3. The zero-order valence-electron chi connectivity index (χ0n) is 20.8.